The number of phenolic OH excluding ortho intramolecular Hbond substituents is 1. The van der Waals surface area contributed by atoms with Crippen molar-refractivity contribution in [3.63, 3.8) is 0 Å². The summed E-state index contributed by atoms with van der Waals surface area (Å²) < 4.78 is 5.25. The monoisotopic (exact) mass is 257 g/mol. The average molecular weight is 258 g/mol. The van der Waals surface area contributed by atoms with Gasteiger partial charge < -0.3 is 9.84 Å². The van der Waals surface area contributed by atoms with Crippen molar-refractivity contribution >= 4 is 23.2 Å². The fraction of sp³-hybridized carbons (Fsp3) is 0. The maximum absolute atomic E-state index is 9.07. The number of aromatic nitrogens is 3. The van der Waals surface area contributed by atoms with Crippen LogP contribution in [0.5, 0.6) is 17.5 Å². The third-order valence-electron chi connectivity index (χ3n) is 1.61. The zero-order valence-corrected chi connectivity index (χ0v) is 9.27. The maximum atomic E-state index is 9.07. The third-order valence-corrected chi connectivity index (χ3v) is 1.94. The number of halogens is 2. The molecule has 0 saturated heterocycles. The molecule has 0 saturated carbocycles. The molecule has 0 spiro atoms. The Balaban J connectivity index is 2.23. The molecule has 5 nitrogen and oxygen atoms in total. The molecule has 0 aliphatic carbocycles. The van der Waals surface area contributed by atoms with Crippen molar-refractivity contribution in [2.45, 2.75) is 0 Å². The summed E-state index contributed by atoms with van der Waals surface area (Å²) in [6.07, 6.45) is 0. The van der Waals surface area contributed by atoms with E-state index in [1.807, 2.05) is 0 Å². The summed E-state index contributed by atoms with van der Waals surface area (Å²) in [5.74, 6) is 0.593. The molecule has 0 atom stereocenters. The molecule has 82 valence electrons. The van der Waals surface area contributed by atoms with Crippen LogP contribution < -0.4 is 4.74 Å². The molecule has 1 aromatic carbocycles. The quantitative estimate of drug-likeness (QED) is 0.896. The van der Waals surface area contributed by atoms with Gasteiger partial charge in [0, 0.05) is 0 Å². The number of ether oxygens (including phenoxy) is 1. The minimum absolute atomic E-state index is 0.00399. The Morgan fingerprint density at radius 3 is 2.06 bits per heavy atom. The van der Waals surface area contributed by atoms with Crippen molar-refractivity contribution in [1.29, 1.82) is 0 Å². The number of hydrogen-bond acceptors (Lipinski definition) is 5. The number of aromatic hydroxyl groups is 1. The predicted molar refractivity (Wildman–Crippen MR) is 58.0 cm³/mol. The van der Waals surface area contributed by atoms with Crippen LogP contribution in [0.2, 0.25) is 10.6 Å². The Bertz CT molecular complexity index is 484. The summed E-state index contributed by atoms with van der Waals surface area (Å²) in [4.78, 5) is 11.0. The van der Waals surface area contributed by atoms with Gasteiger partial charge in [-0.1, -0.05) is 0 Å². The fourth-order valence-corrected chi connectivity index (χ4v) is 1.32. The first-order chi connectivity index (χ1) is 7.63. The zero-order valence-electron chi connectivity index (χ0n) is 7.76. The zero-order chi connectivity index (χ0) is 11.5. The number of benzene rings is 1. The van der Waals surface area contributed by atoms with Gasteiger partial charge in [0.05, 0.1) is 0 Å². The first-order valence-corrected chi connectivity index (χ1v) is 4.93. The molecule has 0 bridgehead atoms. The van der Waals surface area contributed by atoms with Crippen LogP contribution in [-0.2, 0) is 0 Å². The van der Waals surface area contributed by atoms with Crippen LogP contribution in [-0.4, -0.2) is 20.1 Å². The summed E-state index contributed by atoms with van der Waals surface area (Å²) in [7, 11) is 0. The Labute approximate surface area is 101 Å². The predicted octanol–water partition coefficient (Wildman–Crippen LogP) is 2.68. The van der Waals surface area contributed by atoms with Crippen molar-refractivity contribution in [2.24, 2.45) is 0 Å². The van der Waals surface area contributed by atoms with Crippen LogP contribution >= 0.6 is 23.2 Å². The lowest BCUT2D eigenvalue weighted by molar-refractivity contribution is 0.435. The molecule has 2 aromatic rings. The lowest BCUT2D eigenvalue weighted by Gasteiger charge is -2.03. The number of hydrogen-bond donors (Lipinski definition) is 1. The van der Waals surface area contributed by atoms with Crippen LogP contribution in [0.25, 0.3) is 0 Å². The van der Waals surface area contributed by atoms with E-state index in [9.17, 15) is 0 Å². The number of rotatable bonds is 2. The highest BCUT2D eigenvalue weighted by atomic mass is 35.5. The summed E-state index contributed by atoms with van der Waals surface area (Å²) in [5.41, 5.74) is 0. The molecule has 0 radical (unpaired) electrons. The fourth-order valence-electron chi connectivity index (χ4n) is 0.974. The smallest absolute Gasteiger partial charge is 0.327 e. The summed E-state index contributed by atoms with van der Waals surface area (Å²) in [5, 5.41) is 8.98. The Morgan fingerprint density at radius 1 is 0.938 bits per heavy atom. The van der Waals surface area contributed by atoms with E-state index >= 15 is 0 Å². The Kier molecular flexibility index (Phi) is 3.07. The van der Waals surface area contributed by atoms with Crippen LogP contribution in [0, 0.1) is 0 Å². The van der Waals surface area contributed by atoms with Gasteiger partial charge in [-0.3, -0.25) is 0 Å². The van der Waals surface area contributed by atoms with Gasteiger partial charge >= 0.3 is 6.01 Å². The largest absolute Gasteiger partial charge is 0.508 e. The molecule has 0 fully saturated rings. The van der Waals surface area contributed by atoms with Crippen LogP contribution in [0.3, 0.4) is 0 Å². The lowest BCUT2D eigenvalue weighted by atomic mass is 10.3. The summed E-state index contributed by atoms with van der Waals surface area (Å²) >= 11 is 11.1. The van der Waals surface area contributed by atoms with Crippen molar-refractivity contribution in [3.05, 3.63) is 34.8 Å². The normalized spacial score (nSPS) is 10.1. The second kappa shape index (κ2) is 4.51. The van der Waals surface area contributed by atoms with Gasteiger partial charge in [-0.25, -0.2) is 0 Å². The van der Waals surface area contributed by atoms with E-state index in [2.05, 4.69) is 15.0 Å². The standard InChI is InChI=1S/C9H5Cl2N3O2/c10-7-12-8(11)14-9(13-7)16-6-3-1-5(15)2-4-6/h1-4,15H. The molecule has 2 rings (SSSR count). The minimum Gasteiger partial charge on any atom is -0.508 e. The highest BCUT2D eigenvalue weighted by Gasteiger charge is 2.05. The van der Waals surface area contributed by atoms with E-state index in [1.54, 1.807) is 12.1 Å². The van der Waals surface area contributed by atoms with E-state index < -0.39 is 0 Å². The lowest BCUT2D eigenvalue weighted by Crippen LogP contribution is -1.94. The SMILES string of the molecule is Oc1ccc(Oc2nc(Cl)nc(Cl)n2)cc1. The Hall–Kier alpha value is -1.59. The molecule has 1 N–H and O–H groups in total. The van der Waals surface area contributed by atoms with E-state index in [4.69, 9.17) is 33.0 Å². The molecular weight excluding hydrogens is 253 g/mol. The van der Waals surface area contributed by atoms with Crippen LogP contribution in [0.15, 0.2) is 24.3 Å². The van der Waals surface area contributed by atoms with Gasteiger partial charge in [-0.15, -0.1) is 0 Å². The summed E-state index contributed by atoms with van der Waals surface area (Å²) in [6, 6.07) is 6.05. The third kappa shape index (κ3) is 2.71. The molecule has 0 aliphatic heterocycles. The van der Waals surface area contributed by atoms with Crippen molar-refractivity contribution in [1.82, 2.24) is 15.0 Å². The summed E-state index contributed by atoms with van der Waals surface area (Å²) in [6.45, 7) is 0. The van der Waals surface area contributed by atoms with Gasteiger partial charge in [0.25, 0.3) is 0 Å². The maximum Gasteiger partial charge on any atom is 0.327 e. The van der Waals surface area contributed by atoms with Gasteiger partial charge in [0.15, 0.2) is 0 Å². The highest BCUT2D eigenvalue weighted by molar-refractivity contribution is 6.31. The first kappa shape index (κ1) is 10.9. The molecule has 7 heteroatoms. The van der Waals surface area contributed by atoms with E-state index in [-0.39, 0.29) is 22.3 Å². The molecule has 0 unspecified atom stereocenters. The second-order valence-electron chi connectivity index (χ2n) is 2.75. The van der Waals surface area contributed by atoms with Gasteiger partial charge in [0.1, 0.15) is 11.5 Å². The highest BCUT2D eigenvalue weighted by Crippen LogP contribution is 2.21. The second-order valence-corrected chi connectivity index (χ2v) is 3.43. The van der Waals surface area contributed by atoms with Crippen LogP contribution in [0.4, 0.5) is 0 Å². The molecule has 0 aliphatic rings. The van der Waals surface area contributed by atoms with Crippen LogP contribution in [0.1, 0.15) is 0 Å². The molecular formula is C9H5Cl2N3O2. The van der Waals surface area contributed by atoms with Crippen molar-refractivity contribution < 1.29 is 9.84 Å². The van der Waals surface area contributed by atoms with E-state index in [0.717, 1.165) is 0 Å². The Morgan fingerprint density at radius 2 is 1.50 bits per heavy atom. The van der Waals surface area contributed by atoms with Gasteiger partial charge in [-0.05, 0) is 47.5 Å². The first-order valence-electron chi connectivity index (χ1n) is 4.17. The van der Waals surface area contributed by atoms with Gasteiger partial charge in [-0.2, -0.15) is 15.0 Å². The van der Waals surface area contributed by atoms with Crippen molar-refractivity contribution in [3.8, 4) is 17.5 Å². The molecule has 16 heavy (non-hydrogen) atoms. The van der Waals surface area contributed by atoms with E-state index in [0.29, 0.717) is 5.75 Å². The molecule has 0 amide bonds. The average Bonchev–Trinajstić information content (AvgIpc) is 2.20. The van der Waals surface area contributed by atoms with E-state index in [1.165, 1.54) is 12.1 Å². The number of phenols is 1. The minimum atomic E-state index is -0.0474. The van der Waals surface area contributed by atoms with Gasteiger partial charge in [0.2, 0.25) is 10.6 Å². The molecule has 1 heterocycles. The molecule has 1 aromatic heterocycles. The van der Waals surface area contributed by atoms with Crippen molar-refractivity contribution in [2.75, 3.05) is 0 Å². The number of nitrogens with zero attached hydrogens (tertiary/aromatic N) is 3. The topological polar surface area (TPSA) is 68.1 Å².